The fraction of sp³-hybridized carbons (Fsp3) is 0.333. The molecule has 6 rings (SSSR count). The summed E-state index contributed by atoms with van der Waals surface area (Å²) >= 11 is 0. The van der Waals surface area contributed by atoms with E-state index in [0.29, 0.717) is 0 Å². The number of ether oxygens (including phenoxy) is 1. The number of hydrogen-bond donors (Lipinski definition) is 1. The van der Waals surface area contributed by atoms with E-state index in [0.717, 1.165) is 32.6 Å². The van der Waals surface area contributed by atoms with E-state index in [2.05, 4.69) is 74.6 Å². The van der Waals surface area contributed by atoms with Crippen LogP contribution in [0.3, 0.4) is 0 Å². The predicted octanol–water partition coefficient (Wildman–Crippen LogP) is 5.12. The first-order chi connectivity index (χ1) is 23.5. The predicted molar refractivity (Wildman–Crippen MR) is 195 cm³/mol. The first kappa shape index (κ1) is 34.6. The normalized spacial score (nSPS) is 16.3. The number of benzene rings is 4. The van der Waals surface area contributed by atoms with E-state index >= 15 is 0 Å². The van der Waals surface area contributed by atoms with Crippen LogP contribution in [0.4, 0.5) is 4.79 Å². The average Bonchev–Trinajstić information content (AvgIpc) is 3.42. The van der Waals surface area contributed by atoms with Crippen molar-refractivity contribution in [2.75, 3.05) is 37.8 Å². The van der Waals surface area contributed by atoms with E-state index in [1.807, 2.05) is 60.7 Å². The fourth-order valence-corrected chi connectivity index (χ4v) is 13.1. The Morgan fingerprint density at radius 1 is 0.796 bits per heavy atom. The lowest BCUT2D eigenvalue weighted by molar-refractivity contribution is -0.133. The van der Waals surface area contributed by atoms with Gasteiger partial charge in [-0.05, 0) is 44.1 Å². The van der Waals surface area contributed by atoms with Gasteiger partial charge in [0.05, 0.1) is 11.5 Å². The summed E-state index contributed by atoms with van der Waals surface area (Å²) in [6.07, 6.45) is -0.508. The Morgan fingerprint density at radius 2 is 1.29 bits per heavy atom. The Bertz CT molecular complexity index is 1800. The van der Waals surface area contributed by atoms with Crippen LogP contribution in [0.1, 0.15) is 44.2 Å². The largest absolute Gasteiger partial charge is 0.449 e. The van der Waals surface area contributed by atoms with Crippen LogP contribution in [0.5, 0.6) is 0 Å². The molecule has 1 aliphatic carbocycles. The van der Waals surface area contributed by atoms with Gasteiger partial charge in [-0.1, -0.05) is 130 Å². The lowest BCUT2D eigenvalue weighted by atomic mass is 9.98. The minimum Gasteiger partial charge on any atom is -0.449 e. The summed E-state index contributed by atoms with van der Waals surface area (Å²) in [5.74, 6) is -0.670. The molecule has 49 heavy (non-hydrogen) atoms. The quantitative estimate of drug-likeness (QED) is 0.231. The Morgan fingerprint density at radius 3 is 1.80 bits per heavy atom. The van der Waals surface area contributed by atoms with Gasteiger partial charge in [-0.2, -0.15) is 0 Å². The van der Waals surface area contributed by atoms with Gasteiger partial charge in [-0.15, -0.1) is 0 Å². The highest BCUT2D eigenvalue weighted by molar-refractivity contribution is 7.91. The summed E-state index contributed by atoms with van der Waals surface area (Å²) < 4.78 is 37.2. The van der Waals surface area contributed by atoms with Gasteiger partial charge in [0.15, 0.2) is 9.84 Å². The van der Waals surface area contributed by atoms with Crippen LogP contribution < -0.4 is 15.7 Å². The van der Waals surface area contributed by atoms with Crippen LogP contribution in [0.15, 0.2) is 109 Å². The first-order valence-corrected chi connectivity index (χ1v) is 20.6. The van der Waals surface area contributed by atoms with Gasteiger partial charge in [0.1, 0.15) is 12.6 Å². The number of nitrogens with zero attached hydrogens (tertiary/aromatic N) is 1. The zero-order valence-electron chi connectivity index (χ0n) is 28.3. The second-order valence-electron chi connectivity index (χ2n) is 13.8. The number of sulfone groups is 1. The van der Waals surface area contributed by atoms with E-state index in [9.17, 15) is 18.0 Å². The minimum absolute atomic E-state index is 0.0829. The van der Waals surface area contributed by atoms with E-state index in [4.69, 9.17) is 9.16 Å². The third-order valence-electron chi connectivity index (χ3n) is 9.73. The molecule has 0 radical (unpaired) electrons. The average molecular weight is 697 g/mol. The van der Waals surface area contributed by atoms with E-state index in [1.165, 1.54) is 4.90 Å². The van der Waals surface area contributed by atoms with Gasteiger partial charge >= 0.3 is 6.09 Å². The molecule has 4 aromatic carbocycles. The molecule has 0 aromatic heterocycles. The zero-order valence-corrected chi connectivity index (χ0v) is 30.1. The van der Waals surface area contributed by atoms with Crippen molar-refractivity contribution in [3.63, 3.8) is 0 Å². The SMILES string of the molecule is CC(C)(C)[Si](OCC[C@H](NC(=O)OCC1c2ccccc2-c2ccccc21)C(=O)N1CCS(=O)(=O)CC1)(c1ccccc1)c1ccccc1. The molecule has 8 nitrogen and oxygen atoms in total. The number of alkyl carbamates (subject to hydrolysis) is 1. The summed E-state index contributed by atoms with van der Waals surface area (Å²) in [6.45, 7) is 7.03. The summed E-state index contributed by atoms with van der Waals surface area (Å²) in [4.78, 5) is 28.9. The van der Waals surface area contributed by atoms with Crippen molar-refractivity contribution < 1.29 is 27.2 Å². The van der Waals surface area contributed by atoms with Crippen molar-refractivity contribution >= 4 is 40.5 Å². The van der Waals surface area contributed by atoms with Crippen LogP contribution >= 0.6 is 0 Å². The van der Waals surface area contributed by atoms with E-state index in [-0.39, 0.29) is 61.1 Å². The maximum Gasteiger partial charge on any atom is 0.407 e. The minimum atomic E-state index is -3.20. The van der Waals surface area contributed by atoms with Crippen LogP contribution in [-0.4, -0.2) is 77.5 Å². The Hall–Kier alpha value is -4.25. The number of nitrogens with one attached hydrogen (secondary N) is 1. The Labute approximate surface area is 290 Å². The van der Waals surface area contributed by atoms with Crippen LogP contribution in [0, 0.1) is 0 Å². The number of carbonyl (C=O) groups excluding carboxylic acids is 2. The van der Waals surface area contributed by atoms with Crippen LogP contribution in [-0.2, 0) is 23.8 Å². The molecule has 0 bridgehead atoms. The first-order valence-electron chi connectivity index (χ1n) is 16.9. The lowest BCUT2D eigenvalue weighted by Crippen LogP contribution is -2.66. The maximum absolute atomic E-state index is 13.9. The van der Waals surface area contributed by atoms with Crippen molar-refractivity contribution in [3.8, 4) is 11.1 Å². The molecule has 1 N–H and O–H groups in total. The van der Waals surface area contributed by atoms with Gasteiger partial charge in [-0.3, -0.25) is 4.79 Å². The summed E-state index contributed by atoms with van der Waals surface area (Å²) in [6, 6.07) is 35.8. The van der Waals surface area contributed by atoms with Crippen molar-refractivity contribution in [1.29, 1.82) is 0 Å². The van der Waals surface area contributed by atoms with Crippen LogP contribution in [0.25, 0.3) is 11.1 Å². The number of hydrogen-bond acceptors (Lipinski definition) is 6. The lowest BCUT2D eigenvalue weighted by Gasteiger charge is -2.43. The zero-order chi connectivity index (χ0) is 34.6. The topological polar surface area (TPSA) is 102 Å². The molecule has 1 heterocycles. The molecule has 1 saturated heterocycles. The molecule has 1 atom stereocenters. The van der Waals surface area contributed by atoms with Crippen molar-refractivity contribution in [3.05, 3.63) is 120 Å². The molecular formula is C39H44N2O6SSi. The second kappa shape index (κ2) is 14.3. The highest BCUT2D eigenvalue weighted by atomic mass is 32.2. The monoisotopic (exact) mass is 696 g/mol. The van der Waals surface area contributed by atoms with Crippen LogP contribution in [0.2, 0.25) is 5.04 Å². The molecule has 0 unspecified atom stereocenters. The molecular weight excluding hydrogens is 653 g/mol. The van der Waals surface area contributed by atoms with Gasteiger partial charge < -0.3 is 19.4 Å². The number of fused-ring (bicyclic) bond motifs is 3. The molecule has 10 heteroatoms. The molecule has 256 valence electrons. The smallest absolute Gasteiger partial charge is 0.407 e. The molecule has 2 aliphatic rings. The van der Waals surface area contributed by atoms with Crippen molar-refractivity contribution in [1.82, 2.24) is 10.2 Å². The van der Waals surface area contributed by atoms with Gasteiger partial charge in [0.2, 0.25) is 5.91 Å². The summed E-state index contributed by atoms with van der Waals surface area (Å²) in [5.41, 5.74) is 4.44. The molecule has 1 fully saturated rings. The molecule has 0 spiro atoms. The van der Waals surface area contributed by atoms with Crippen molar-refractivity contribution in [2.24, 2.45) is 0 Å². The highest BCUT2D eigenvalue weighted by Gasteiger charge is 2.50. The molecule has 0 saturated carbocycles. The standard InChI is InChI=1S/C39H44N2O6SSi/c1-39(2,3)49(29-14-6-4-7-15-29,30-16-8-5-9-17-30)47-25-22-36(37(42)41-23-26-48(44,45)27-24-41)40-38(43)46-28-35-33-20-12-10-18-31(33)32-19-11-13-21-34(32)35/h4-21,35-36H,22-28H2,1-3H3,(H,40,43)/t36-/m0/s1. The van der Waals surface area contributed by atoms with E-state index in [1.54, 1.807) is 0 Å². The van der Waals surface area contributed by atoms with E-state index < -0.39 is 30.3 Å². The van der Waals surface area contributed by atoms with Gasteiger partial charge in [0.25, 0.3) is 8.32 Å². The molecule has 4 aromatic rings. The summed E-state index contributed by atoms with van der Waals surface area (Å²) in [7, 11) is -6.10. The number of rotatable bonds is 10. The Balaban J connectivity index is 1.22. The maximum atomic E-state index is 13.9. The Kier molecular flexibility index (Phi) is 10.1. The third-order valence-corrected chi connectivity index (χ3v) is 16.4. The molecule has 2 amide bonds. The highest BCUT2D eigenvalue weighted by Crippen LogP contribution is 2.44. The third kappa shape index (κ3) is 7.22. The number of carbonyl (C=O) groups is 2. The van der Waals surface area contributed by atoms with Crippen molar-refractivity contribution in [2.45, 2.75) is 44.2 Å². The number of amides is 2. The van der Waals surface area contributed by atoms with Gasteiger partial charge in [0, 0.05) is 25.6 Å². The fourth-order valence-electron chi connectivity index (χ4n) is 7.28. The second-order valence-corrected chi connectivity index (χ2v) is 20.4. The molecule has 1 aliphatic heterocycles. The summed E-state index contributed by atoms with van der Waals surface area (Å²) in [5, 5.41) is 4.80. The van der Waals surface area contributed by atoms with Gasteiger partial charge in [-0.25, -0.2) is 13.2 Å².